The number of rotatable bonds is 9. The van der Waals surface area contributed by atoms with E-state index < -0.39 is 0 Å². The molecule has 0 spiro atoms. The van der Waals surface area contributed by atoms with Crippen LogP contribution in [-0.4, -0.2) is 29.3 Å². The SMILES string of the molecule is CCCCc1noc(CSc2nnc3n(CCC(C)C)c(=O)c4ccccc4n23)n1. The summed E-state index contributed by atoms with van der Waals surface area (Å²) in [4.78, 5) is 17.5. The van der Waals surface area contributed by atoms with Crippen LogP contribution < -0.4 is 5.56 Å². The summed E-state index contributed by atoms with van der Waals surface area (Å²) < 4.78 is 9.06. The first-order valence-corrected chi connectivity index (χ1v) is 11.4. The molecule has 0 fully saturated rings. The van der Waals surface area contributed by atoms with Crippen molar-refractivity contribution in [2.75, 3.05) is 0 Å². The van der Waals surface area contributed by atoms with Gasteiger partial charge in [-0.25, -0.2) is 0 Å². The van der Waals surface area contributed by atoms with E-state index in [9.17, 15) is 4.79 Å². The average molecular weight is 427 g/mol. The highest BCUT2D eigenvalue weighted by Crippen LogP contribution is 2.24. The average Bonchev–Trinajstić information content (AvgIpc) is 3.37. The van der Waals surface area contributed by atoms with Gasteiger partial charge in [0, 0.05) is 13.0 Å². The lowest BCUT2D eigenvalue weighted by molar-refractivity contribution is 0.384. The van der Waals surface area contributed by atoms with Crippen molar-refractivity contribution in [3.05, 3.63) is 46.3 Å². The Morgan fingerprint density at radius 3 is 2.83 bits per heavy atom. The van der Waals surface area contributed by atoms with Crippen molar-refractivity contribution in [2.45, 2.75) is 63.9 Å². The summed E-state index contributed by atoms with van der Waals surface area (Å²) in [5, 5.41) is 14.1. The van der Waals surface area contributed by atoms with Crippen molar-refractivity contribution in [3.8, 4) is 0 Å². The van der Waals surface area contributed by atoms with Crippen LogP contribution in [0.2, 0.25) is 0 Å². The molecular weight excluding hydrogens is 400 g/mol. The van der Waals surface area contributed by atoms with Crippen LogP contribution in [0.1, 0.15) is 51.7 Å². The highest BCUT2D eigenvalue weighted by molar-refractivity contribution is 7.98. The maximum Gasteiger partial charge on any atom is 0.262 e. The highest BCUT2D eigenvalue weighted by atomic mass is 32.2. The molecule has 1 aromatic carbocycles. The molecule has 158 valence electrons. The molecule has 3 aromatic heterocycles. The molecule has 0 unspecified atom stereocenters. The lowest BCUT2D eigenvalue weighted by Crippen LogP contribution is -2.24. The zero-order chi connectivity index (χ0) is 21.1. The number of hydrogen-bond donors (Lipinski definition) is 0. The third-order valence-electron chi connectivity index (χ3n) is 5.00. The van der Waals surface area contributed by atoms with E-state index in [-0.39, 0.29) is 5.56 Å². The number of para-hydroxylation sites is 1. The van der Waals surface area contributed by atoms with Crippen molar-refractivity contribution in [3.63, 3.8) is 0 Å². The molecule has 0 radical (unpaired) electrons. The molecule has 8 nitrogen and oxygen atoms in total. The van der Waals surface area contributed by atoms with Crippen molar-refractivity contribution in [2.24, 2.45) is 5.92 Å². The first-order chi connectivity index (χ1) is 14.6. The van der Waals surface area contributed by atoms with E-state index in [1.165, 1.54) is 11.8 Å². The van der Waals surface area contributed by atoms with Crippen LogP contribution in [0.5, 0.6) is 0 Å². The molecule has 0 aliphatic heterocycles. The second kappa shape index (κ2) is 8.99. The van der Waals surface area contributed by atoms with Gasteiger partial charge < -0.3 is 4.52 Å². The van der Waals surface area contributed by atoms with Crippen molar-refractivity contribution in [1.29, 1.82) is 0 Å². The third-order valence-corrected chi connectivity index (χ3v) is 5.91. The molecule has 4 rings (SSSR count). The van der Waals surface area contributed by atoms with Crippen molar-refractivity contribution >= 4 is 28.4 Å². The van der Waals surface area contributed by atoms with Gasteiger partial charge >= 0.3 is 0 Å². The predicted molar refractivity (Wildman–Crippen MR) is 117 cm³/mol. The van der Waals surface area contributed by atoms with E-state index in [1.54, 1.807) is 4.57 Å². The number of thioether (sulfide) groups is 1. The van der Waals surface area contributed by atoms with E-state index in [1.807, 2.05) is 28.7 Å². The number of aromatic nitrogens is 6. The summed E-state index contributed by atoms with van der Waals surface area (Å²) in [7, 11) is 0. The van der Waals surface area contributed by atoms with Gasteiger partial charge in [-0.05, 0) is 30.9 Å². The second-order valence-electron chi connectivity index (χ2n) is 7.77. The fraction of sp³-hybridized carbons (Fsp3) is 0.476. The molecule has 0 atom stereocenters. The summed E-state index contributed by atoms with van der Waals surface area (Å²) in [6.07, 6.45) is 3.85. The van der Waals surface area contributed by atoms with Crippen molar-refractivity contribution in [1.82, 2.24) is 29.3 Å². The normalized spacial score (nSPS) is 11.9. The van der Waals surface area contributed by atoms with Crippen LogP contribution in [0, 0.1) is 5.92 Å². The number of nitrogens with zero attached hydrogens (tertiary/aromatic N) is 6. The van der Waals surface area contributed by atoms with E-state index in [2.05, 4.69) is 41.1 Å². The molecule has 0 aliphatic carbocycles. The molecular formula is C21H26N6O2S. The van der Waals surface area contributed by atoms with Crippen LogP contribution in [0.3, 0.4) is 0 Å². The summed E-state index contributed by atoms with van der Waals surface area (Å²) in [6.45, 7) is 7.04. The van der Waals surface area contributed by atoms with E-state index in [0.29, 0.717) is 40.4 Å². The van der Waals surface area contributed by atoms with Gasteiger partial charge in [0.05, 0.1) is 16.7 Å². The Morgan fingerprint density at radius 1 is 1.20 bits per heavy atom. The van der Waals surface area contributed by atoms with Crippen molar-refractivity contribution < 1.29 is 4.52 Å². The molecule has 9 heteroatoms. The minimum Gasteiger partial charge on any atom is -0.338 e. The first kappa shape index (κ1) is 20.6. The van der Waals surface area contributed by atoms with Gasteiger partial charge in [0.25, 0.3) is 5.56 Å². The lowest BCUT2D eigenvalue weighted by Gasteiger charge is -2.12. The Morgan fingerprint density at radius 2 is 2.03 bits per heavy atom. The Kier molecular flexibility index (Phi) is 6.17. The quantitative estimate of drug-likeness (QED) is 0.372. The maximum atomic E-state index is 13.1. The fourth-order valence-corrected chi connectivity index (χ4v) is 4.10. The molecule has 0 bridgehead atoms. The molecule has 0 saturated carbocycles. The highest BCUT2D eigenvalue weighted by Gasteiger charge is 2.18. The molecule has 3 heterocycles. The summed E-state index contributed by atoms with van der Waals surface area (Å²) in [5.74, 6) is 2.86. The molecule has 0 N–H and O–H groups in total. The molecule has 0 amide bonds. The fourth-order valence-electron chi connectivity index (χ4n) is 3.33. The summed E-state index contributed by atoms with van der Waals surface area (Å²) >= 11 is 1.48. The minimum absolute atomic E-state index is 0.0276. The van der Waals surface area contributed by atoms with Gasteiger partial charge in [0.1, 0.15) is 0 Å². The Labute approximate surface area is 178 Å². The van der Waals surface area contributed by atoms with Gasteiger partial charge in [-0.15, -0.1) is 10.2 Å². The zero-order valence-corrected chi connectivity index (χ0v) is 18.4. The van der Waals surface area contributed by atoms with Gasteiger partial charge in [-0.2, -0.15) is 4.98 Å². The van der Waals surface area contributed by atoms with Crippen LogP contribution in [-0.2, 0) is 18.7 Å². The van der Waals surface area contributed by atoms with Gasteiger partial charge in [-0.3, -0.25) is 13.8 Å². The molecule has 0 saturated heterocycles. The van der Waals surface area contributed by atoms with Gasteiger partial charge in [-0.1, -0.05) is 56.2 Å². The Bertz CT molecular complexity index is 1210. The van der Waals surface area contributed by atoms with Gasteiger partial charge in [0.2, 0.25) is 11.7 Å². The molecule has 4 aromatic rings. The van der Waals surface area contributed by atoms with Crippen LogP contribution >= 0.6 is 11.8 Å². The number of hydrogen-bond acceptors (Lipinski definition) is 7. The maximum absolute atomic E-state index is 13.1. The number of benzene rings is 1. The molecule has 0 aliphatic rings. The first-order valence-electron chi connectivity index (χ1n) is 10.4. The van der Waals surface area contributed by atoms with Crippen LogP contribution in [0.4, 0.5) is 0 Å². The predicted octanol–water partition coefficient (Wildman–Crippen LogP) is 4.11. The van der Waals surface area contributed by atoms with Crippen LogP contribution in [0.25, 0.3) is 16.7 Å². The monoisotopic (exact) mass is 426 g/mol. The second-order valence-corrected chi connectivity index (χ2v) is 8.71. The summed E-state index contributed by atoms with van der Waals surface area (Å²) in [5.41, 5.74) is 0.778. The van der Waals surface area contributed by atoms with Gasteiger partial charge in [0.15, 0.2) is 11.0 Å². The van der Waals surface area contributed by atoms with E-state index in [0.717, 1.165) is 37.0 Å². The molecule has 30 heavy (non-hydrogen) atoms. The number of fused-ring (bicyclic) bond motifs is 3. The number of unbranched alkanes of at least 4 members (excludes halogenated alkanes) is 1. The largest absolute Gasteiger partial charge is 0.338 e. The van der Waals surface area contributed by atoms with E-state index >= 15 is 0 Å². The minimum atomic E-state index is -0.0276. The Hall–Kier alpha value is -2.68. The Balaban J connectivity index is 1.69. The van der Waals surface area contributed by atoms with E-state index in [4.69, 9.17) is 4.52 Å². The number of aryl methyl sites for hydroxylation is 2. The third kappa shape index (κ3) is 4.12. The standard InChI is InChI=1S/C21H26N6O2S/c1-4-5-10-17-22-18(29-25-17)13-30-21-24-23-20-26(12-11-14(2)3)19(28)15-8-6-7-9-16(15)27(20)21/h6-9,14H,4-5,10-13H2,1-3H3. The zero-order valence-electron chi connectivity index (χ0n) is 17.5. The summed E-state index contributed by atoms with van der Waals surface area (Å²) in [6, 6.07) is 7.59. The lowest BCUT2D eigenvalue weighted by atomic mass is 10.1. The van der Waals surface area contributed by atoms with Crippen LogP contribution in [0.15, 0.2) is 38.7 Å². The smallest absolute Gasteiger partial charge is 0.262 e. The topological polar surface area (TPSA) is 91.1 Å².